The van der Waals surface area contributed by atoms with Crippen LogP contribution in [0.5, 0.6) is 0 Å². The summed E-state index contributed by atoms with van der Waals surface area (Å²) in [4.78, 5) is 5.21. The molecule has 0 radical (unpaired) electrons. The summed E-state index contributed by atoms with van der Waals surface area (Å²) < 4.78 is 5.38. The average molecular weight is 253 g/mol. The molecule has 4 heteroatoms. The first-order valence-corrected chi connectivity index (χ1v) is 7.69. The summed E-state index contributed by atoms with van der Waals surface area (Å²) in [6.45, 7) is 9.07. The van der Waals surface area contributed by atoms with Crippen LogP contribution in [0.25, 0.3) is 0 Å². The molecule has 0 spiro atoms. The van der Waals surface area contributed by atoms with Crippen molar-refractivity contribution in [2.45, 2.75) is 37.8 Å². The number of nitrogens with one attached hydrogen (secondary N) is 1. The zero-order valence-corrected chi connectivity index (χ0v) is 11.4. The number of ether oxygens (including phenoxy) is 1. The highest BCUT2D eigenvalue weighted by atomic mass is 16.5. The molecule has 104 valence electrons. The van der Waals surface area contributed by atoms with Gasteiger partial charge in [0.05, 0.1) is 13.2 Å². The fourth-order valence-corrected chi connectivity index (χ4v) is 3.66. The van der Waals surface area contributed by atoms with E-state index in [1.54, 1.807) is 0 Å². The van der Waals surface area contributed by atoms with Gasteiger partial charge in [0.15, 0.2) is 0 Å². The van der Waals surface area contributed by atoms with Gasteiger partial charge in [-0.3, -0.25) is 4.90 Å². The summed E-state index contributed by atoms with van der Waals surface area (Å²) in [5.41, 5.74) is 0. The van der Waals surface area contributed by atoms with Crippen LogP contribution in [0.3, 0.4) is 0 Å². The van der Waals surface area contributed by atoms with Gasteiger partial charge in [0.25, 0.3) is 0 Å². The second-order valence-electron chi connectivity index (χ2n) is 5.96. The summed E-state index contributed by atoms with van der Waals surface area (Å²) in [7, 11) is 0. The number of morpholine rings is 1. The Bertz CT molecular complexity index is 255. The van der Waals surface area contributed by atoms with Gasteiger partial charge in [-0.05, 0) is 38.8 Å². The molecule has 2 unspecified atom stereocenters. The van der Waals surface area contributed by atoms with Crippen molar-refractivity contribution in [2.75, 3.05) is 52.5 Å². The van der Waals surface area contributed by atoms with E-state index in [-0.39, 0.29) is 0 Å². The fourth-order valence-electron chi connectivity index (χ4n) is 3.66. The average Bonchev–Trinajstić information content (AvgIpc) is 2.87. The van der Waals surface area contributed by atoms with E-state index in [2.05, 4.69) is 15.1 Å². The van der Waals surface area contributed by atoms with E-state index >= 15 is 0 Å². The fraction of sp³-hybridized carbons (Fsp3) is 1.00. The highest BCUT2D eigenvalue weighted by molar-refractivity contribution is 4.89. The molecule has 3 fully saturated rings. The van der Waals surface area contributed by atoms with E-state index < -0.39 is 0 Å². The zero-order chi connectivity index (χ0) is 12.2. The van der Waals surface area contributed by atoms with E-state index in [1.165, 1.54) is 45.3 Å². The molecular weight excluding hydrogens is 226 g/mol. The molecule has 0 aliphatic carbocycles. The number of nitrogens with zero attached hydrogens (tertiary/aromatic N) is 2. The number of rotatable bonds is 4. The molecule has 0 aromatic carbocycles. The topological polar surface area (TPSA) is 27.7 Å². The summed E-state index contributed by atoms with van der Waals surface area (Å²) in [6.07, 6.45) is 5.58. The first-order valence-electron chi connectivity index (χ1n) is 7.69. The van der Waals surface area contributed by atoms with E-state index in [1.807, 2.05) is 0 Å². The quantitative estimate of drug-likeness (QED) is 0.791. The van der Waals surface area contributed by atoms with Crippen molar-refractivity contribution in [1.29, 1.82) is 0 Å². The molecule has 0 saturated carbocycles. The van der Waals surface area contributed by atoms with Crippen molar-refractivity contribution >= 4 is 0 Å². The van der Waals surface area contributed by atoms with Crippen molar-refractivity contribution in [3.63, 3.8) is 0 Å². The predicted molar refractivity (Wildman–Crippen MR) is 72.9 cm³/mol. The first-order chi connectivity index (χ1) is 8.92. The maximum atomic E-state index is 5.38. The Hall–Kier alpha value is -0.160. The van der Waals surface area contributed by atoms with Crippen LogP contribution in [-0.4, -0.2) is 74.4 Å². The van der Waals surface area contributed by atoms with Gasteiger partial charge in [-0.1, -0.05) is 0 Å². The van der Waals surface area contributed by atoms with Gasteiger partial charge in [0, 0.05) is 38.3 Å². The SMILES string of the molecule is C1CC2CC(NCCN3CCOCC3)CCN2C1. The molecule has 3 rings (SSSR count). The van der Waals surface area contributed by atoms with Crippen LogP contribution in [0.4, 0.5) is 0 Å². The monoisotopic (exact) mass is 253 g/mol. The molecule has 3 heterocycles. The third-order valence-electron chi connectivity index (χ3n) is 4.79. The molecule has 2 atom stereocenters. The lowest BCUT2D eigenvalue weighted by Gasteiger charge is -2.35. The summed E-state index contributed by atoms with van der Waals surface area (Å²) >= 11 is 0. The largest absolute Gasteiger partial charge is 0.379 e. The maximum absolute atomic E-state index is 5.38. The van der Waals surface area contributed by atoms with Crippen LogP contribution in [-0.2, 0) is 4.74 Å². The molecule has 18 heavy (non-hydrogen) atoms. The van der Waals surface area contributed by atoms with Gasteiger partial charge < -0.3 is 15.0 Å². The number of hydrogen-bond acceptors (Lipinski definition) is 4. The van der Waals surface area contributed by atoms with E-state index in [4.69, 9.17) is 4.74 Å². The number of piperidine rings is 1. The maximum Gasteiger partial charge on any atom is 0.0594 e. The molecule has 0 amide bonds. The van der Waals surface area contributed by atoms with Crippen LogP contribution in [0.2, 0.25) is 0 Å². The van der Waals surface area contributed by atoms with Crippen LogP contribution < -0.4 is 5.32 Å². The normalized spacial score (nSPS) is 34.7. The summed E-state index contributed by atoms with van der Waals surface area (Å²) in [5, 5.41) is 3.77. The Kier molecular flexibility index (Phi) is 4.52. The van der Waals surface area contributed by atoms with E-state index in [9.17, 15) is 0 Å². The minimum atomic E-state index is 0.769. The zero-order valence-electron chi connectivity index (χ0n) is 11.4. The lowest BCUT2D eigenvalue weighted by Crippen LogP contribution is -2.48. The predicted octanol–water partition coefficient (Wildman–Crippen LogP) is 0.535. The Morgan fingerprint density at radius 1 is 1.06 bits per heavy atom. The minimum Gasteiger partial charge on any atom is -0.379 e. The van der Waals surface area contributed by atoms with E-state index in [0.717, 1.165) is 44.9 Å². The molecule has 0 aromatic rings. The van der Waals surface area contributed by atoms with Gasteiger partial charge in [0.2, 0.25) is 0 Å². The van der Waals surface area contributed by atoms with Crippen LogP contribution in [0.15, 0.2) is 0 Å². The minimum absolute atomic E-state index is 0.769. The molecule has 0 aromatic heterocycles. The second kappa shape index (κ2) is 6.33. The van der Waals surface area contributed by atoms with Crippen molar-refractivity contribution in [2.24, 2.45) is 0 Å². The van der Waals surface area contributed by atoms with Crippen molar-refractivity contribution in [3.8, 4) is 0 Å². The van der Waals surface area contributed by atoms with Gasteiger partial charge in [-0.25, -0.2) is 0 Å². The molecular formula is C14H27N3O. The lowest BCUT2D eigenvalue weighted by atomic mass is 9.97. The smallest absolute Gasteiger partial charge is 0.0594 e. The number of hydrogen-bond donors (Lipinski definition) is 1. The van der Waals surface area contributed by atoms with Crippen molar-refractivity contribution < 1.29 is 4.74 Å². The van der Waals surface area contributed by atoms with Crippen molar-refractivity contribution in [1.82, 2.24) is 15.1 Å². The van der Waals surface area contributed by atoms with Crippen LogP contribution >= 0.6 is 0 Å². The highest BCUT2D eigenvalue weighted by Crippen LogP contribution is 2.26. The number of fused-ring (bicyclic) bond motifs is 1. The van der Waals surface area contributed by atoms with Gasteiger partial charge in [-0.15, -0.1) is 0 Å². The van der Waals surface area contributed by atoms with E-state index in [0.29, 0.717) is 0 Å². The van der Waals surface area contributed by atoms with Gasteiger partial charge in [-0.2, -0.15) is 0 Å². The van der Waals surface area contributed by atoms with Crippen LogP contribution in [0.1, 0.15) is 25.7 Å². The van der Waals surface area contributed by atoms with Crippen LogP contribution in [0, 0.1) is 0 Å². The lowest BCUT2D eigenvalue weighted by molar-refractivity contribution is 0.0376. The highest BCUT2D eigenvalue weighted by Gasteiger charge is 2.31. The second-order valence-corrected chi connectivity index (χ2v) is 5.96. The molecule has 0 bridgehead atoms. The molecule has 4 nitrogen and oxygen atoms in total. The van der Waals surface area contributed by atoms with Crippen molar-refractivity contribution in [3.05, 3.63) is 0 Å². The third kappa shape index (κ3) is 3.23. The Labute approximate surface area is 111 Å². The Morgan fingerprint density at radius 2 is 1.94 bits per heavy atom. The van der Waals surface area contributed by atoms with Gasteiger partial charge >= 0.3 is 0 Å². The molecule has 3 aliphatic rings. The Morgan fingerprint density at radius 3 is 2.83 bits per heavy atom. The summed E-state index contributed by atoms with van der Waals surface area (Å²) in [5.74, 6) is 0. The molecule has 3 saturated heterocycles. The standard InChI is InChI=1S/C14H27N3O/c1-2-14-12-13(3-6-17(14)5-1)15-4-7-16-8-10-18-11-9-16/h13-15H,1-12H2. The third-order valence-corrected chi connectivity index (χ3v) is 4.79. The Balaban J connectivity index is 1.33. The van der Waals surface area contributed by atoms with Gasteiger partial charge in [0.1, 0.15) is 0 Å². The molecule has 3 aliphatic heterocycles. The first kappa shape index (κ1) is 12.9. The summed E-state index contributed by atoms with van der Waals surface area (Å²) in [6, 6.07) is 1.66. The molecule has 1 N–H and O–H groups in total.